The molecule has 4 rings (SSSR count). The zero-order valence-corrected chi connectivity index (χ0v) is 15.8. The van der Waals surface area contributed by atoms with Gasteiger partial charge in [0.1, 0.15) is 17.5 Å². The minimum atomic E-state index is 0.0219. The van der Waals surface area contributed by atoms with Crippen LogP contribution in [0.1, 0.15) is 53.6 Å². The Hall–Kier alpha value is -2.48. The molecule has 8 nitrogen and oxygen atoms in total. The summed E-state index contributed by atoms with van der Waals surface area (Å²) < 4.78 is 2.16. The number of aromatic nitrogens is 4. The van der Waals surface area contributed by atoms with E-state index in [2.05, 4.69) is 31.7 Å². The van der Waals surface area contributed by atoms with E-state index in [9.17, 15) is 4.79 Å². The highest BCUT2D eigenvalue weighted by molar-refractivity contribution is 5.94. The minimum absolute atomic E-state index is 0.0219. The maximum atomic E-state index is 12.6. The van der Waals surface area contributed by atoms with Gasteiger partial charge < -0.3 is 15.2 Å². The number of anilines is 1. The summed E-state index contributed by atoms with van der Waals surface area (Å²) in [7, 11) is 2.07. The van der Waals surface area contributed by atoms with Gasteiger partial charge in [0.2, 0.25) is 0 Å². The minimum Gasteiger partial charge on any atom is -0.384 e. The van der Waals surface area contributed by atoms with Crippen LogP contribution in [0.2, 0.25) is 0 Å². The molecule has 0 radical (unpaired) electrons. The molecule has 27 heavy (non-hydrogen) atoms. The Bertz CT molecular complexity index is 787. The lowest BCUT2D eigenvalue weighted by atomic mass is 9.95. The molecule has 2 aliphatic rings. The van der Waals surface area contributed by atoms with Gasteiger partial charge in [-0.2, -0.15) is 0 Å². The van der Waals surface area contributed by atoms with E-state index in [1.54, 1.807) is 18.3 Å². The average molecular weight is 369 g/mol. The molecule has 8 heteroatoms. The van der Waals surface area contributed by atoms with E-state index in [1.165, 1.54) is 12.8 Å². The Morgan fingerprint density at radius 1 is 1.15 bits per heavy atom. The van der Waals surface area contributed by atoms with Crippen molar-refractivity contribution in [3.8, 4) is 0 Å². The molecule has 1 amide bonds. The number of carbonyl (C=O) groups excluding carboxylic acids is 1. The predicted octanol–water partition coefficient (Wildman–Crippen LogP) is 1.41. The molecule has 144 valence electrons. The van der Waals surface area contributed by atoms with Crippen LogP contribution in [-0.4, -0.2) is 61.6 Å². The fourth-order valence-electron chi connectivity index (χ4n) is 4.06. The lowest BCUT2D eigenvalue weighted by Crippen LogP contribution is -2.38. The predicted molar refractivity (Wildman–Crippen MR) is 102 cm³/mol. The van der Waals surface area contributed by atoms with Gasteiger partial charge in [-0.05, 0) is 50.9 Å². The van der Waals surface area contributed by atoms with Crippen LogP contribution in [0.5, 0.6) is 0 Å². The third-order valence-corrected chi connectivity index (χ3v) is 5.74. The molecule has 2 saturated heterocycles. The molecule has 2 N–H and O–H groups in total. The summed E-state index contributed by atoms with van der Waals surface area (Å²) in [6, 6.07) is 3.41. The molecule has 0 aliphatic carbocycles. The number of nitrogens with two attached hydrogens (primary N) is 1. The van der Waals surface area contributed by atoms with Gasteiger partial charge in [0.15, 0.2) is 0 Å². The highest BCUT2D eigenvalue weighted by atomic mass is 16.2. The second-order valence-corrected chi connectivity index (χ2v) is 7.55. The molecule has 2 fully saturated rings. The number of carbonyl (C=O) groups is 1. The summed E-state index contributed by atoms with van der Waals surface area (Å²) in [6.45, 7) is 4.64. The Kier molecular flexibility index (Phi) is 5.07. The van der Waals surface area contributed by atoms with Crippen LogP contribution in [0.3, 0.4) is 0 Å². The van der Waals surface area contributed by atoms with Gasteiger partial charge in [-0.3, -0.25) is 9.69 Å². The molecule has 2 aromatic rings. The molecule has 2 aromatic heterocycles. The van der Waals surface area contributed by atoms with Crippen molar-refractivity contribution in [2.24, 2.45) is 7.05 Å². The number of hydrogen-bond donors (Lipinski definition) is 1. The summed E-state index contributed by atoms with van der Waals surface area (Å²) in [5.74, 6) is 2.89. The van der Waals surface area contributed by atoms with E-state index in [0.717, 1.165) is 57.2 Å². The molecule has 0 saturated carbocycles. The van der Waals surface area contributed by atoms with Crippen LogP contribution in [0.15, 0.2) is 18.3 Å². The molecule has 0 unspecified atom stereocenters. The third kappa shape index (κ3) is 3.80. The van der Waals surface area contributed by atoms with E-state index >= 15 is 0 Å². The lowest BCUT2D eigenvalue weighted by molar-refractivity contribution is 0.0710. The van der Waals surface area contributed by atoms with Gasteiger partial charge in [-0.1, -0.05) is 0 Å². The Balaban J connectivity index is 1.37. The van der Waals surface area contributed by atoms with E-state index in [0.29, 0.717) is 17.3 Å². The molecular weight excluding hydrogens is 342 g/mol. The van der Waals surface area contributed by atoms with E-state index in [-0.39, 0.29) is 5.91 Å². The number of pyridine rings is 1. The first-order valence-corrected chi connectivity index (χ1v) is 9.73. The number of likely N-dealkylation sites (tertiary alicyclic amines) is 2. The van der Waals surface area contributed by atoms with Crippen molar-refractivity contribution in [1.82, 2.24) is 29.5 Å². The zero-order valence-electron chi connectivity index (χ0n) is 15.8. The molecule has 0 bridgehead atoms. The van der Waals surface area contributed by atoms with Gasteiger partial charge in [-0.25, -0.2) is 4.98 Å². The highest BCUT2D eigenvalue weighted by Gasteiger charge is 2.28. The molecule has 0 atom stereocenters. The largest absolute Gasteiger partial charge is 0.384 e. The van der Waals surface area contributed by atoms with Crippen molar-refractivity contribution in [3.63, 3.8) is 0 Å². The van der Waals surface area contributed by atoms with Gasteiger partial charge in [-0.15, -0.1) is 10.2 Å². The third-order valence-electron chi connectivity index (χ3n) is 5.74. The summed E-state index contributed by atoms with van der Waals surface area (Å²) in [6.07, 6.45) is 5.92. The molecule has 0 aromatic carbocycles. The number of amides is 1. The molecule has 2 aliphatic heterocycles. The number of rotatable bonds is 4. The fourth-order valence-corrected chi connectivity index (χ4v) is 4.06. The average Bonchev–Trinajstić information content (AvgIpc) is 3.33. The van der Waals surface area contributed by atoms with E-state index in [4.69, 9.17) is 5.73 Å². The molecule has 0 spiro atoms. The number of hydrogen-bond acceptors (Lipinski definition) is 6. The van der Waals surface area contributed by atoms with Crippen LogP contribution >= 0.6 is 0 Å². The van der Waals surface area contributed by atoms with Crippen molar-refractivity contribution in [1.29, 1.82) is 0 Å². The van der Waals surface area contributed by atoms with Gasteiger partial charge in [0, 0.05) is 32.3 Å². The maximum absolute atomic E-state index is 12.6. The zero-order chi connectivity index (χ0) is 18.8. The van der Waals surface area contributed by atoms with Crippen LogP contribution in [0.4, 0.5) is 5.82 Å². The van der Waals surface area contributed by atoms with Gasteiger partial charge in [0.25, 0.3) is 5.91 Å². The van der Waals surface area contributed by atoms with Crippen molar-refractivity contribution in [3.05, 3.63) is 35.5 Å². The van der Waals surface area contributed by atoms with Crippen molar-refractivity contribution < 1.29 is 4.79 Å². The smallest absolute Gasteiger partial charge is 0.255 e. The van der Waals surface area contributed by atoms with Crippen molar-refractivity contribution in [2.45, 2.75) is 38.1 Å². The summed E-state index contributed by atoms with van der Waals surface area (Å²) >= 11 is 0. The van der Waals surface area contributed by atoms with Crippen LogP contribution < -0.4 is 5.73 Å². The Labute approximate surface area is 159 Å². The monoisotopic (exact) mass is 369 g/mol. The van der Waals surface area contributed by atoms with E-state index < -0.39 is 0 Å². The maximum Gasteiger partial charge on any atom is 0.255 e. The first-order valence-electron chi connectivity index (χ1n) is 9.73. The first kappa shape index (κ1) is 17.9. The first-order chi connectivity index (χ1) is 13.1. The number of nitrogen functional groups attached to an aromatic ring is 1. The summed E-state index contributed by atoms with van der Waals surface area (Å²) in [5.41, 5.74) is 6.19. The second-order valence-electron chi connectivity index (χ2n) is 7.55. The Morgan fingerprint density at radius 2 is 1.89 bits per heavy atom. The molecular formula is C19H27N7O. The number of piperidine rings is 1. The van der Waals surface area contributed by atoms with E-state index in [1.807, 2.05) is 4.90 Å². The molecule has 4 heterocycles. The SMILES string of the molecule is Cn1c(CN2CCCC2)nnc1C1CCN(C(=O)c2ccc(N)nc2)CC1. The van der Waals surface area contributed by atoms with Crippen LogP contribution in [-0.2, 0) is 13.6 Å². The van der Waals surface area contributed by atoms with Crippen LogP contribution in [0, 0.1) is 0 Å². The summed E-state index contributed by atoms with van der Waals surface area (Å²) in [4.78, 5) is 21.0. The highest BCUT2D eigenvalue weighted by Crippen LogP contribution is 2.28. The normalized spacial score (nSPS) is 18.9. The van der Waals surface area contributed by atoms with Crippen molar-refractivity contribution in [2.75, 3.05) is 31.9 Å². The summed E-state index contributed by atoms with van der Waals surface area (Å²) in [5, 5.41) is 8.91. The van der Waals surface area contributed by atoms with Gasteiger partial charge >= 0.3 is 0 Å². The van der Waals surface area contributed by atoms with Gasteiger partial charge in [0.05, 0.1) is 12.1 Å². The quantitative estimate of drug-likeness (QED) is 0.876. The lowest BCUT2D eigenvalue weighted by Gasteiger charge is -2.31. The Morgan fingerprint density at radius 3 is 2.56 bits per heavy atom. The van der Waals surface area contributed by atoms with Crippen LogP contribution in [0.25, 0.3) is 0 Å². The van der Waals surface area contributed by atoms with Crippen molar-refractivity contribution >= 4 is 11.7 Å². The second kappa shape index (κ2) is 7.64. The number of nitrogens with zero attached hydrogens (tertiary/aromatic N) is 6. The standard InChI is InChI=1S/C19H27N7O/c1-24-17(13-25-8-2-3-9-25)22-23-18(24)14-6-10-26(11-7-14)19(27)15-4-5-16(20)21-12-15/h4-5,12,14H,2-3,6-11,13H2,1H3,(H2,20,21). The fraction of sp³-hybridized carbons (Fsp3) is 0.579. The topological polar surface area (TPSA) is 93.2 Å².